The van der Waals surface area contributed by atoms with Crippen molar-refractivity contribution in [1.82, 2.24) is 0 Å². The van der Waals surface area contributed by atoms with Gasteiger partial charge in [-0.1, -0.05) is 26.7 Å². The van der Waals surface area contributed by atoms with Crippen LogP contribution in [0.25, 0.3) is 0 Å². The predicted octanol–water partition coefficient (Wildman–Crippen LogP) is 1.10. The van der Waals surface area contributed by atoms with E-state index < -0.39 is 5.97 Å². The Balaban J connectivity index is 0. The first-order valence-corrected chi connectivity index (χ1v) is 3.84. The number of unbranched alkanes of at least 4 members (excludes halogenated alkanes) is 1. The summed E-state index contributed by atoms with van der Waals surface area (Å²) in [5.74, 6) is 0.0255. The van der Waals surface area contributed by atoms with E-state index in [9.17, 15) is 4.79 Å². The summed E-state index contributed by atoms with van der Waals surface area (Å²) >= 11 is 0. The summed E-state index contributed by atoms with van der Waals surface area (Å²) in [6.45, 7) is 4.31. The summed E-state index contributed by atoms with van der Waals surface area (Å²) in [5, 5.41) is 8.28. The van der Waals surface area contributed by atoms with Gasteiger partial charge in [0.2, 0.25) is 0 Å². The Morgan fingerprint density at radius 1 is 1.36 bits per heavy atom. The van der Waals surface area contributed by atoms with E-state index in [-0.39, 0.29) is 26.2 Å². The number of carboxylic acid groups (broad SMARTS) is 1. The van der Waals surface area contributed by atoms with Gasteiger partial charge < -0.3 is 5.11 Å². The maximum atomic E-state index is 10.0. The van der Waals surface area contributed by atoms with Crippen LogP contribution in [0.3, 0.4) is 0 Å². The van der Waals surface area contributed by atoms with E-state index in [0.29, 0.717) is 12.3 Å². The first kappa shape index (κ1) is 13.9. The van der Waals surface area contributed by atoms with Gasteiger partial charge in [-0.05, 0) is 12.3 Å². The summed E-state index contributed by atoms with van der Waals surface area (Å²) in [4.78, 5) is 10.0. The van der Waals surface area contributed by atoms with Crippen LogP contribution in [0.15, 0.2) is 0 Å². The first-order valence-electron chi connectivity index (χ1n) is 3.84. The summed E-state index contributed by atoms with van der Waals surface area (Å²) in [7, 11) is 0. The van der Waals surface area contributed by atoms with Gasteiger partial charge in [0, 0.05) is 6.42 Å². The monoisotopic (exact) mass is 356 g/mol. The second-order valence-corrected chi connectivity index (χ2v) is 3.03. The predicted molar refractivity (Wildman–Crippen MR) is 50.9 cm³/mol. The van der Waals surface area contributed by atoms with E-state index in [2.05, 4.69) is 13.8 Å². The molecule has 0 atom stereocenters. The normalized spacial score (nSPS) is 9.36. The molecule has 0 aromatic heterocycles. The number of rotatable bonds is 5. The van der Waals surface area contributed by atoms with Crippen LogP contribution >= 0.6 is 0 Å². The van der Waals surface area contributed by atoms with Crippen molar-refractivity contribution in [3.8, 4) is 0 Å². The molecule has 11 heavy (non-hydrogen) atoms. The van der Waals surface area contributed by atoms with Gasteiger partial charge >= 0.3 is 32.2 Å². The summed E-state index contributed by atoms with van der Waals surface area (Å²) < 4.78 is 0. The second kappa shape index (κ2) is 8.45. The van der Waals surface area contributed by atoms with E-state index in [0.717, 1.165) is 19.3 Å². The van der Waals surface area contributed by atoms with Crippen molar-refractivity contribution in [1.29, 1.82) is 0 Å². The molecule has 68 valence electrons. The van der Waals surface area contributed by atoms with Gasteiger partial charge in [-0.15, -0.1) is 0 Å². The van der Waals surface area contributed by atoms with Crippen LogP contribution in [-0.2, 0) is 4.79 Å². The Kier molecular flexibility index (Phi) is 10.7. The minimum absolute atomic E-state index is 0. The maximum absolute atomic E-state index is 10.0. The van der Waals surface area contributed by atoms with Crippen molar-refractivity contribution in [2.24, 2.45) is 5.92 Å². The van der Waals surface area contributed by atoms with Crippen LogP contribution < -0.4 is 0 Å². The van der Waals surface area contributed by atoms with Gasteiger partial charge in [0.05, 0.1) is 0 Å². The zero-order valence-electron chi connectivity index (χ0n) is 7.47. The molecule has 0 spiro atoms. The van der Waals surface area contributed by atoms with Crippen LogP contribution in [0.1, 0.15) is 39.5 Å². The summed E-state index contributed by atoms with van der Waals surface area (Å²) in [6, 6.07) is 0. The molecule has 0 fully saturated rings. The number of hydrogen-bond donors (Lipinski definition) is 1. The molecule has 0 unspecified atom stereocenters. The Bertz CT molecular complexity index is 102. The minimum atomic E-state index is -0.677. The Labute approximate surface area is 87.5 Å². The quantitative estimate of drug-likeness (QED) is 0.592. The molecule has 0 aliphatic rings. The molecule has 3 heteroatoms. The van der Waals surface area contributed by atoms with Crippen LogP contribution in [-0.4, -0.2) is 37.3 Å². The van der Waals surface area contributed by atoms with E-state index in [4.69, 9.17) is 5.11 Å². The van der Waals surface area contributed by atoms with Crippen molar-refractivity contribution in [3.63, 3.8) is 0 Å². The van der Waals surface area contributed by atoms with Gasteiger partial charge in [0.15, 0.2) is 0 Å². The number of aliphatic carboxylic acids is 1. The third-order valence-electron chi connectivity index (χ3n) is 1.42. The molecule has 1 N–H and O–H groups in total. The van der Waals surface area contributed by atoms with Crippen LogP contribution in [0.4, 0.5) is 0 Å². The van der Waals surface area contributed by atoms with Crippen molar-refractivity contribution in [2.75, 3.05) is 0 Å². The third kappa shape index (κ3) is 13.4. The van der Waals surface area contributed by atoms with E-state index in [1.807, 2.05) is 0 Å². The van der Waals surface area contributed by atoms with E-state index in [1.54, 1.807) is 0 Å². The van der Waals surface area contributed by atoms with Crippen LogP contribution in [0.2, 0.25) is 0 Å². The summed E-state index contributed by atoms with van der Waals surface area (Å²) in [5.41, 5.74) is 0. The molecule has 0 aromatic rings. The van der Waals surface area contributed by atoms with Gasteiger partial charge in [-0.2, -0.15) is 0 Å². The Morgan fingerprint density at radius 2 is 1.91 bits per heavy atom. The molecule has 0 heterocycles. The molecule has 0 aliphatic carbocycles. The van der Waals surface area contributed by atoms with Gasteiger partial charge in [-0.25, -0.2) is 0 Å². The van der Waals surface area contributed by atoms with Crippen LogP contribution in [0.5, 0.6) is 0 Å². The number of carbonyl (C=O) groups is 1. The third-order valence-corrected chi connectivity index (χ3v) is 1.42. The van der Waals surface area contributed by atoms with E-state index in [1.165, 1.54) is 0 Å². The first-order chi connectivity index (χ1) is 4.63. The SMILES string of the molecule is CC(C)CCCCC(=O)O.[BiH3]. The average Bonchev–Trinajstić information content (AvgIpc) is 1.79. The molecule has 0 aliphatic heterocycles. The standard InChI is InChI=1S/C8H16O2.Bi.3H/c1-7(2)5-3-4-6-8(9)10;;;;/h7H,3-6H2,1-2H3,(H,9,10);;;;. The van der Waals surface area contributed by atoms with Crippen molar-refractivity contribution < 1.29 is 9.90 Å². The fourth-order valence-electron chi connectivity index (χ4n) is 0.829. The fourth-order valence-corrected chi connectivity index (χ4v) is 0.829. The Hall–Kier alpha value is 0.353. The molecular weight excluding hydrogens is 337 g/mol. The molecular formula is C8H19BiO2. The van der Waals surface area contributed by atoms with Gasteiger partial charge in [0.25, 0.3) is 0 Å². The molecule has 2 nitrogen and oxygen atoms in total. The topological polar surface area (TPSA) is 37.3 Å². The molecule has 0 radical (unpaired) electrons. The second-order valence-electron chi connectivity index (χ2n) is 3.03. The average molecular weight is 356 g/mol. The van der Waals surface area contributed by atoms with Crippen molar-refractivity contribution in [3.05, 3.63) is 0 Å². The summed E-state index contributed by atoms with van der Waals surface area (Å²) in [6.07, 6.45) is 3.34. The molecule has 0 bridgehead atoms. The van der Waals surface area contributed by atoms with Crippen molar-refractivity contribution >= 4 is 32.2 Å². The zero-order chi connectivity index (χ0) is 7.98. The van der Waals surface area contributed by atoms with Crippen molar-refractivity contribution in [2.45, 2.75) is 39.5 Å². The molecule has 0 saturated heterocycles. The molecule has 0 saturated carbocycles. The molecule has 0 amide bonds. The van der Waals surface area contributed by atoms with Gasteiger partial charge in [0.1, 0.15) is 0 Å². The number of hydrogen-bond acceptors (Lipinski definition) is 1. The molecule has 0 rings (SSSR count). The van der Waals surface area contributed by atoms with Gasteiger partial charge in [-0.3, -0.25) is 4.79 Å². The molecule has 0 aromatic carbocycles. The fraction of sp³-hybridized carbons (Fsp3) is 0.875. The Morgan fingerprint density at radius 3 is 2.27 bits per heavy atom. The van der Waals surface area contributed by atoms with E-state index >= 15 is 0 Å². The zero-order valence-corrected chi connectivity index (χ0v) is 13.0. The number of carboxylic acids is 1. The van der Waals surface area contributed by atoms with Crippen LogP contribution in [0, 0.1) is 5.92 Å².